The lowest BCUT2D eigenvalue weighted by Gasteiger charge is -2.36. The Morgan fingerprint density at radius 3 is 2.19 bits per heavy atom. The van der Waals surface area contributed by atoms with E-state index in [0.29, 0.717) is 36.5 Å². The van der Waals surface area contributed by atoms with Crippen LogP contribution in [-0.2, 0) is 32.2 Å². The van der Waals surface area contributed by atoms with Gasteiger partial charge in [-0.25, -0.2) is 4.79 Å². The normalized spacial score (nSPS) is 16.7. The van der Waals surface area contributed by atoms with Crippen molar-refractivity contribution in [2.24, 2.45) is 0 Å². The molecule has 0 saturated carbocycles. The van der Waals surface area contributed by atoms with E-state index in [1.165, 1.54) is 0 Å². The molecule has 5 aromatic rings. The second-order valence-corrected chi connectivity index (χ2v) is 14.1. The van der Waals surface area contributed by atoms with Crippen molar-refractivity contribution >= 4 is 40.9 Å². The van der Waals surface area contributed by atoms with Gasteiger partial charge >= 0.3 is 5.97 Å². The van der Waals surface area contributed by atoms with E-state index < -0.39 is 12.3 Å². The third-order valence-corrected chi connectivity index (χ3v) is 10.3. The van der Waals surface area contributed by atoms with Crippen molar-refractivity contribution in [1.82, 2.24) is 5.32 Å². The number of carboxylic acids is 1. The lowest BCUT2D eigenvalue weighted by molar-refractivity contribution is -0.245. The van der Waals surface area contributed by atoms with Crippen LogP contribution < -0.4 is 16.4 Å². The lowest BCUT2D eigenvalue weighted by atomic mass is 9.97. The molecule has 11 heteroatoms. The molecule has 0 spiro atoms. The Hall–Kier alpha value is -5.46. The highest BCUT2D eigenvalue weighted by molar-refractivity contribution is 7.99. The van der Waals surface area contributed by atoms with Gasteiger partial charge in [-0.1, -0.05) is 84.9 Å². The number of nitrogens with two attached hydrogens (primary N) is 1. The molecule has 5 aromatic carbocycles. The summed E-state index contributed by atoms with van der Waals surface area (Å²) < 4.78 is 13.0. The van der Waals surface area contributed by atoms with Crippen molar-refractivity contribution in [1.29, 1.82) is 0 Å². The van der Waals surface area contributed by atoms with Crippen molar-refractivity contribution in [3.63, 3.8) is 0 Å². The van der Waals surface area contributed by atoms with Gasteiger partial charge in [-0.2, -0.15) is 0 Å². The van der Waals surface area contributed by atoms with E-state index in [9.17, 15) is 24.6 Å². The van der Waals surface area contributed by atoms with Crippen LogP contribution in [0.2, 0.25) is 0 Å². The van der Waals surface area contributed by atoms with E-state index in [-0.39, 0.29) is 49.0 Å². The van der Waals surface area contributed by atoms with E-state index in [4.69, 9.17) is 15.2 Å². The summed E-state index contributed by atoms with van der Waals surface area (Å²) in [7, 11) is 0. The Balaban J connectivity index is 1.08. The molecule has 54 heavy (non-hydrogen) atoms. The average molecular weight is 746 g/mol. The van der Waals surface area contributed by atoms with Crippen molar-refractivity contribution in [3.05, 3.63) is 149 Å². The minimum atomic E-state index is -0.959. The number of carboxylic acid groups (broad SMARTS) is 1. The second-order valence-electron chi connectivity index (χ2n) is 13.0. The smallest absolute Gasteiger partial charge is 0.335 e. The van der Waals surface area contributed by atoms with Gasteiger partial charge in [0.2, 0.25) is 11.8 Å². The summed E-state index contributed by atoms with van der Waals surface area (Å²) in [5.41, 5.74) is 12.8. The van der Waals surface area contributed by atoms with Crippen LogP contribution in [0.1, 0.15) is 70.7 Å². The van der Waals surface area contributed by atoms with Gasteiger partial charge in [-0.3, -0.25) is 9.59 Å². The van der Waals surface area contributed by atoms with E-state index in [2.05, 4.69) is 10.6 Å². The standard InChI is InChI=1S/C43H43N3O7S/c44-37-8-3-4-9-38(37)46-41(49)11-5-10-40(48)45-25-33-6-1-2-7-36(33)29-16-18-32(19-17-29)43-52-34(27-54-35-22-20-31(21-23-35)42(50)51)24-39(53-43)30-14-12-28(26-47)13-15-30/h1-4,6-9,12-23,34,39,43,47H,5,10-11,24-27,44H2,(H,45,48)(H,46,49)(H,50,51). The first-order valence-corrected chi connectivity index (χ1v) is 18.8. The number of hydrogen-bond acceptors (Lipinski definition) is 8. The van der Waals surface area contributed by atoms with Gasteiger partial charge in [-0.15, -0.1) is 11.8 Å². The zero-order valence-electron chi connectivity index (χ0n) is 29.7. The summed E-state index contributed by atoms with van der Waals surface area (Å²) in [6, 6.07) is 37.6. The summed E-state index contributed by atoms with van der Waals surface area (Å²) in [6.07, 6.45) is 0.442. The van der Waals surface area contributed by atoms with E-state index in [0.717, 1.165) is 38.3 Å². The third-order valence-electron chi connectivity index (χ3n) is 9.18. The molecule has 0 aromatic heterocycles. The average Bonchev–Trinajstić information content (AvgIpc) is 3.20. The Labute approximate surface area is 318 Å². The predicted molar refractivity (Wildman–Crippen MR) is 210 cm³/mol. The van der Waals surface area contributed by atoms with Crippen molar-refractivity contribution < 1.29 is 34.1 Å². The number of anilines is 2. The number of ether oxygens (including phenoxy) is 2. The molecule has 1 aliphatic rings. The van der Waals surface area contributed by atoms with Gasteiger partial charge in [0.15, 0.2) is 6.29 Å². The van der Waals surface area contributed by atoms with Gasteiger partial charge in [0.05, 0.1) is 35.8 Å². The number of nitrogen functional groups attached to an aromatic ring is 1. The second kappa shape index (κ2) is 18.5. The maximum Gasteiger partial charge on any atom is 0.335 e. The summed E-state index contributed by atoms with van der Waals surface area (Å²) >= 11 is 1.60. The molecule has 278 valence electrons. The number of rotatable bonds is 15. The first-order chi connectivity index (χ1) is 26.2. The fourth-order valence-corrected chi connectivity index (χ4v) is 7.12. The first kappa shape index (κ1) is 38.3. The number of carbonyl (C=O) groups is 3. The summed E-state index contributed by atoms with van der Waals surface area (Å²) in [6.45, 7) is 0.305. The third kappa shape index (κ3) is 10.4. The van der Waals surface area contributed by atoms with Crippen LogP contribution in [0.4, 0.5) is 11.4 Å². The van der Waals surface area contributed by atoms with Crippen LogP contribution in [0.3, 0.4) is 0 Å². The molecule has 3 atom stereocenters. The SMILES string of the molecule is Nc1ccccc1NC(=O)CCCC(=O)NCc1ccccc1-c1ccc(C2OC(CSc3ccc(C(=O)O)cc3)CC(c3ccc(CO)cc3)O2)cc1. The molecule has 0 bridgehead atoms. The minimum Gasteiger partial charge on any atom is -0.478 e. The maximum atomic E-state index is 12.7. The van der Waals surface area contributed by atoms with Crippen molar-refractivity contribution in [2.45, 2.75) is 62.2 Å². The molecule has 1 saturated heterocycles. The molecular weight excluding hydrogens is 703 g/mol. The molecule has 6 N–H and O–H groups in total. The number of hydrogen-bond donors (Lipinski definition) is 5. The highest BCUT2D eigenvalue weighted by atomic mass is 32.2. The molecule has 2 amide bonds. The Morgan fingerprint density at radius 1 is 0.778 bits per heavy atom. The highest BCUT2D eigenvalue weighted by Crippen LogP contribution is 2.40. The highest BCUT2D eigenvalue weighted by Gasteiger charge is 2.32. The van der Waals surface area contributed by atoms with Crippen molar-refractivity contribution in [3.8, 4) is 11.1 Å². The number of benzene rings is 5. The molecule has 10 nitrogen and oxygen atoms in total. The number of aliphatic hydroxyl groups excluding tert-OH is 1. The number of para-hydroxylation sites is 2. The number of thioether (sulfide) groups is 1. The molecule has 0 aliphatic carbocycles. The molecular formula is C43H43N3O7S. The largest absolute Gasteiger partial charge is 0.478 e. The molecule has 6 rings (SSSR count). The summed E-state index contributed by atoms with van der Waals surface area (Å²) in [5.74, 6) is -0.640. The van der Waals surface area contributed by atoms with Crippen LogP contribution in [-0.4, -0.2) is 39.9 Å². The summed E-state index contributed by atoms with van der Waals surface area (Å²) in [4.78, 5) is 37.3. The molecule has 1 aliphatic heterocycles. The van der Waals surface area contributed by atoms with Crippen LogP contribution >= 0.6 is 11.8 Å². The van der Waals surface area contributed by atoms with Crippen LogP contribution in [0.15, 0.2) is 126 Å². The van der Waals surface area contributed by atoms with Crippen LogP contribution in [0.5, 0.6) is 0 Å². The number of aromatic carboxylic acids is 1. The van der Waals surface area contributed by atoms with E-state index in [1.807, 2.05) is 84.9 Å². The van der Waals surface area contributed by atoms with Gasteiger partial charge in [0.1, 0.15) is 0 Å². The van der Waals surface area contributed by atoms with Crippen molar-refractivity contribution in [2.75, 3.05) is 16.8 Å². The quantitative estimate of drug-likeness (QED) is 0.0531. The first-order valence-electron chi connectivity index (χ1n) is 17.8. The Morgan fingerprint density at radius 2 is 1.46 bits per heavy atom. The maximum absolute atomic E-state index is 12.7. The van der Waals surface area contributed by atoms with Gasteiger partial charge in [-0.05, 0) is 70.6 Å². The lowest BCUT2D eigenvalue weighted by Crippen LogP contribution is -2.31. The molecule has 1 fully saturated rings. The number of carbonyl (C=O) groups excluding carboxylic acids is 2. The predicted octanol–water partition coefficient (Wildman–Crippen LogP) is 7.89. The van der Waals surface area contributed by atoms with Crippen LogP contribution in [0.25, 0.3) is 11.1 Å². The number of aliphatic hydroxyl groups is 1. The van der Waals surface area contributed by atoms with Gasteiger partial charge < -0.3 is 36.1 Å². The number of nitrogens with one attached hydrogen (secondary N) is 2. The Kier molecular flexibility index (Phi) is 13.1. The molecule has 0 radical (unpaired) electrons. The topological polar surface area (TPSA) is 160 Å². The van der Waals surface area contributed by atoms with Gasteiger partial charge in [0, 0.05) is 42.0 Å². The Bertz CT molecular complexity index is 2040. The van der Waals surface area contributed by atoms with Gasteiger partial charge in [0.25, 0.3) is 0 Å². The monoisotopic (exact) mass is 745 g/mol. The number of amides is 2. The molecule has 1 heterocycles. The van der Waals surface area contributed by atoms with E-state index in [1.54, 1.807) is 48.2 Å². The fourth-order valence-electron chi connectivity index (χ4n) is 6.20. The van der Waals surface area contributed by atoms with Crippen LogP contribution in [0, 0.1) is 0 Å². The van der Waals surface area contributed by atoms with E-state index >= 15 is 0 Å². The zero-order chi connectivity index (χ0) is 37.9. The zero-order valence-corrected chi connectivity index (χ0v) is 30.5. The summed E-state index contributed by atoms with van der Waals surface area (Å²) in [5, 5.41) is 24.6. The molecule has 3 unspecified atom stereocenters. The minimum absolute atomic E-state index is 0.0362. The fraction of sp³-hybridized carbons (Fsp3) is 0.233.